The molecule has 2 aliphatic heterocycles. The number of ether oxygens (including phenoxy) is 3. The zero-order valence-electron chi connectivity index (χ0n) is 22.8. The second-order valence-corrected chi connectivity index (χ2v) is 10.5. The number of nitrogen functional groups attached to an aromatic ring is 1. The van der Waals surface area contributed by atoms with Gasteiger partial charge in [0.1, 0.15) is 18.0 Å². The molecule has 0 radical (unpaired) electrons. The van der Waals surface area contributed by atoms with Gasteiger partial charge < -0.3 is 35.1 Å². The average Bonchev–Trinajstić information content (AvgIpc) is 2.96. The molecule has 2 fully saturated rings. The summed E-state index contributed by atoms with van der Waals surface area (Å²) in [6.45, 7) is 6.61. The molecule has 1 aromatic carbocycles. The second-order valence-electron chi connectivity index (χ2n) is 10.1. The molecule has 0 aliphatic carbocycles. The van der Waals surface area contributed by atoms with Gasteiger partial charge in [-0.05, 0) is 49.6 Å². The summed E-state index contributed by atoms with van der Waals surface area (Å²) in [6.07, 6.45) is 2.29. The molecule has 4 rings (SSSR count). The molecule has 0 spiro atoms. The molecule has 2 saturated heterocycles. The van der Waals surface area contributed by atoms with E-state index in [0.29, 0.717) is 25.1 Å². The van der Waals surface area contributed by atoms with E-state index < -0.39 is 11.5 Å². The van der Waals surface area contributed by atoms with Crippen molar-refractivity contribution >= 4 is 29.3 Å². The number of pyridine rings is 1. The molecule has 4 N–H and O–H groups in total. The van der Waals surface area contributed by atoms with Crippen molar-refractivity contribution in [3.05, 3.63) is 62.4 Å². The smallest absolute Gasteiger partial charge is 0.338 e. The van der Waals surface area contributed by atoms with Crippen molar-refractivity contribution in [3.8, 4) is 0 Å². The summed E-state index contributed by atoms with van der Waals surface area (Å²) in [7, 11) is 1.62. The van der Waals surface area contributed by atoms with Crippen LogP contribution >= 0.6 is 11.6 Å². The Morgan fingerprint density at radius 2 is 1.90 bits per heavy atom. The first-order valence-corrected chi connectivity index (χ1v) is 14.0. The number of halogens is 1. The van der Waals surface area contributed by atoms with Crippen molar-refractivity contribution in [2.45, 2.75) is 31.4 Å². The Balaban J connectivity index is 1.18. The molecule has 2 atom stereocenters. The molecule has 1 aromatic heterocycles. The van der Waals surface area contributed by atoms with Crippen molar-refractivity contribution in [1.82, 2.24) is 20.1 Å². The van der Waals surface area contributed by atoms with E-state index >= 15 is 0 Å². The summed E-state index contributed by atoms with van der Waals surface area (Å²) in [4.78, 5) is 44.1. The lowest BCUT2D eigenvalue weighted by Gasteiger charge is -2.38. The molecule has 2 aliphatic rings. The van der Waals surface area contributed by atoms with Crippen LogP contribution < -0.4 is 16.6 Å². The highest BCUT2D eigenvalue weighted by Gasteiger charge is 2.31. The van der Waals surface area contributed by atoms with Crippen LogP contribution in [0.3, 0.4) is 0 Å². The van der Waals surface area contributed by atoms with E-state index in [4.69, 9.17) is 31.5 Å². The molecule has 0 bridgehead atoms. The topological polar surface area (TPSA) is 139 Å². The predicted molar refractivity (Wildman–Crippen MR) is 152 cm³/mol. The van der Waals surface area contributed by atoms with Gasteiger partial charge in [-0.3, -0.25) is 14.5 Å². The maximum Gasteiger partial charge on any atom is 0.338 e. The third kappa shape index (κ3) is 8.28. The number of carbonyl (C=O) groups is 2. The van der Waals surface area contributed by atoms with E-state index in [2.05, 4.69) is 20.1 Å². The minimum Gasteiger partial charge on any atom is -0.461 e. The minimum atomic E-state index is -0.584. The molecule has 0 unspecified atom stereocenters. The lowest BCUT2D eigenvalue weighted by molar-refractivity contribution is 0.00617. The zero-order valence-corrected chi connectivity index (χ0v) is 23.6. The Labute approximate surface area is 238 Å². The van der Waals surface area contributed by atoms with E-state index in [1.807, 2.05) is 24.3 Å². The summed E-state index contributed by atoms with van der Waals surface area (Å²) in [6, 6.07) is 8.64. The van der Waals surface area contributed by atoms with Gasteiger partial charge in [0.15, 0.2) is 0 Å². The van der Waals surface area contributed by atoms with Crippen molar-refractivity contribution in [2.24, 2.45) is 0 Å². The number of amides is 1. The van der Waals surface area contributed by atoms with Gasteiger partial charge in [0.05, 0.1) is 35.9 Å². The first kappa shape index (κ1) is 30.0. The van der Waals surface area contributed by atoms with E-state index in [-0.39, 0.29) is 34.5 Å². The van der Waals surface area contributed by atoms with Crippen LogP contribution in [0.4, 0.5) is 5.82 Å². The quantitative estimate of drug-likeness (QED) is 0.340. The van der Waals surface area contributed by atoms with Crippen molar-refractivity contribution in [3.63, 3.8) is 0 Å². The van der Waals surface area contributed by atoms with E-state index in [9.17, 15) is 14.4 Å². The number of H-pyrrole nitrogens is 1. The SMILES string of the molecule is CO[C@H]1CN(CCCc2ccc(C(=O)OCCN3CCOCC3)cc2)CC[C@H]1NC(=O)c1cc(Cl)c(N)[nH]c1=O. The molecular formula is C28H38ClN5O6. The molecule has 1 amide bonds. The number of hydrogen-bond donors (Lipinski definition) is 3. The van der Waals surface area contributed by atoms with Gasteiger partial charge in [-0.25, -0.2) is 4.79 Å². The Morgan fingerprint density at radius 1 is 1.15 bits per heavy atom. The lowest BCUT2D eigenvalue weighted by atomic mass is 10.00. The largest absolute Gasteiger partial charge is 0.461 e. The first-order valence-electron chi connectivity index (χ1n) is 13.6. The third-order valence-electron chi connectivity index (χ3n) is 7.40. The van der Waals surface area contributed by atoms with Crippen molar-refractivity contribution in [1.29, 1.82) is 0 Å². The molecule has 11 nitrogen and oxygen atoms in total. The van der Waals surface area contributed by atoms with Gasteiger partial charge in [-0.15, -0.1) is 0 Å². The Bertz CT molecular complexity index is 1200. The Kier molecular flexibility index (Phi) is 11.0. The van der Waals surface area contributed by atoms with Crippen LogP contribution in [-0.4, -0.2) is 105 Å². The minimum absolute atomic E-state index is 0.0276. The number of piperidine rings is 1. The summed E-state index contributed by atoms with van der Waals surface area (Å²) in [5.74, 6) is -0.780. The Hall–Kier alpha value is -2.96. The van der Waals surface area contributed by atoms with Crippen LogP contribution in [0, 0.1) is 0 Å². The zero-order chi connectivity index (χ0) is 28.5. The van der Waals surface area contributed by atoms with Crippen LogP contribution in [0.1, 0.15) is 39.1 Å². The van der Waals surface area contributed by atoms with E-state index in [0.717, 1.165) is 64.3 Å². The van der Waals surface area contributed by atoms with Crippen molar-refractivity contribution in [2.75, 3.05) is 71.9 Å². The van der Waals surface area contributed by atoms with E-state index in [1.54, 1.807) is 7.11 Å². The molecular weight excluding hydrogens is 538 g/mol. The van der Waals surface area contributed by atoms with Crippen LogP contribution in [0.5, 0.6) is 0 Å². The number of aromatic nitrogens is 1. The Morgan fingerprint density at radius 3 is 2.62 bits per heavy atom. The number of methoxy groups -OCH3 is 1. The lowest BCUT2D eigenvalue weighted by Crippen LogP contribution is -2.55. The fourth-order valence-corrected chi connectivity index (χ4v) is 5.17. The number of esters is 1. The number of nitrogens with two attached hydrogens (primary N) is 1. The van der Waals surface area contributed by atoms with Gasteiger partial charge in [0.25, 0.3) is 11.5 Å². The standard InChI is InChI=1S/C28H38ClN5O6/c1-38-24-18-34(10-8-23(24)31-26(35)21-17-22(29)25(30)32-27(21)36)9-2-3-19-4-6-20(7-5-19)28(37)40-16-13-33-11-14-39-15-12-33/h4-7,17,23-24H,2-3,8-16,18H2,1H3,(H,31,35)(H3,30,32,36)/t23-,24+/m1/s1. The van der Waals surface area contributed by atoms with Gasteiger partial charge in [-0.1, -0.05) is 23.7 Å². The monoisotopic (exact) mass is 575 g/mol. The highest BCUT2D eigenvalue weighted by molar-refractivity contribution is 6.33. The van der Waals surface area contributed by atoms with Crippen LogP contribution in [-0.2, 0) is 20.6 Å². The fraction of sp³-hybridized carbons (Fsp3) is 0.536. The summed E-state index contributed by atoms with van der Waals surface area (Å²) < 4.78 is 16.4. The van der Waals surface area contributed by atoms with Crippen LogP contribution in [0.15, 0.2) is 35.1 Å². The summed E-state index contributed by atoms with van der Waals surface area (Å²) in [5, 5.41) is 3.04. The number of nitrogens with zero attached hydrogens (tertiary/aromatic N) is 2. The van der Waals surface area contributed by atoms with Gasteiger partial charge >= 0.3 is 5.97 Å². The van der Waals surface area contributed by atoms with Crippen LogP contribution in [0.2, 0.25) is 5.02 Å². The highest BCUT2D eigenvalue weighted by atomic mass is 35.5. The number of benzene rings is 1. The molecule has 218 valence electrons. The molecule has 0 saturated carbocycles. The predicted octanol–water partition coefficient (Wildman–Crippen LogP) is 1.55. The summed E-state index contributed by atoms with van der Waals surface area (Å²) in [5.41, 5.74) is 6.65. The number of nitrogens with one attached hydrogen (secondary N) is 2. The average molecular weight is 576 g/mol. The fourth-order valence-electron chi connectivity index (χ4n) is 5.01. The number of rotatable bonds is 11. The van der Waals surface area contributed by atoms with Crippen LogP contribution in [0.25, 0.3) is 0 Å². The highest BCUT2D eigenvalue weighted by Crippen LogP contribution is 2.18. The van der Waals surface area contributed by atoms with Gasteiger partial charge in [0, 0.05) is 39.8 Å². The maximum absolute atomic E-state index is 12.7. The molecule has 12 heteroatoms. The number of likely N-dealkylation sites (tertiary alicyclic amines) is 1. The molecule has 40 heavy (non-hydrogen) atoms. The number of anilines is 1. The normalized spacial score (nSPS) is 20.2. The maximum atomic E-state index is 12.7. The first-order chi connectivity index (χ1) is 19.3. The molecule has 2 aromatic rings. The number of aryl methyl sites for hydroxylation is 1. The molecule has 3 heterocycles. The van der Waals surface area contributed by atoms with Gasteiger partial charge in [-0.2, -0.15) is 0 Å². The third-order valence-corrected chi connectivity index (χ3v) is 7.71. The number of hydrogen-bond acceptors (Lipinski definition) is 9. The second kappa shape index (κ2) is 14.6. The van der Waals surface area contributed by atoms with Crippen molar-refractivity contribution < 1.29 is 23.8 Å². The van der Waals surface area contributed by atoms with E-state index in [1.165, 1.54) is 6.07 Å². The summed E-state index contributed by atoms with van der Waals surface area (Å²) >= 11 is 5.97. The number of carbonyl (C=O) groups excluding carboxylic acids is 2. The number of aromatic amines is 1. The van der Waals surface area contributed by atoms with Gasteiger partial charge in [0.2, 0.25) is 0 Å². The number of morpholine rings is 1.